The van der Waals surface area contributed by atoms with E-state index < -0.39 is 5.56 Å². The summed E-state index contributed by atoms with van der Waals surface area (Å²) in [4.78, 5) is 24.6. The number of rotatable bonds is 10. The lowest BCUT2D eigenvalue weighted by Crippen LogP contribution is -2.23. The molecule has 1 aromatic carbocycles. The van der Waals surface area contributed by atoms with E-state index in [2.05, 4.69) is 24.1 Å². The molecule has 0 radical (unpaired) electrons. The van der Waals surface area contributed by atoms with Crippen LogP contribution in [0.1, 0.15) is 67.9 Å². The van der Waals surface area contributed by atoms with Gasteiger partial charge in [-0.2, -0.15) is 10.4 Å². The average Bonchev–Trinajstić information content (AvgIpc) is 2.80. The summed E-state index contributed by atoms with van der Waals surface area (Å²) in [5, 5.41) is 27.8. The molecule has 1 atom stereocenters. The first-order chi connectivity index (χ1) is 15.4. The van der Waals surface area contributed by atoms with E-state index >= 15 is 0 Å². The van der Waals surface area contributed by atoms with Gasteiger partial charge in [0.05, 0.1) is 17.9 Å². The Hall–Kier alpha value is -3.47. The molecule has 0 spiro atoms. The number of pyridine rings is 1. The fourth-order valence-corrected chi connectivity index (χ4v) is 3.30. The van der Waals surface area contributed by atoms with E-state index in [0.29, 0.717) is 23.8 Å². The number of carbonyl (C=O) groups excluding carboxylic acids is 1. The monoisotopic (exact) mass is 438 g/mol. The van der Waals surface area contributed by atoms with Gasteiger partial charge in [0.2, 0.25) is 5.88 Å². The summed E-state index contributed by atoms with van der Waals surface area (Å²) in [5.74, 6) is -0.357. The standard InChI is InChI=1S/C24H30N4O4/c1-5-8-9-17(6-2)15-32-24(31)18-10-12-19(13-11-18)26-27-21-16(4)20(14-25)22(29)28(7-3)23(21)30/h10-13,17,30H,5-9,15H2,1-4H3/b27-26+. The largest absolute Gasteiger partial charge is 0.493 e. The van der Waals surface area contributed by atoms with Crippen LogP contribution in [0.2, 0.25) is 0 Å². The molecular formula is C24H30N4O4. The highest BCUT2D eigenvalue weighted by atomic mass is 16.5. The summed E-state index contributed by atoms with van der Waals surface area (Å²) in [6.07, 6.45) is 4.26. The van der Waals surface area contributed by atoms with Gasteiger partial charge < -0.3 is 9.84 Å². The third-order valence-electron chi connectivity index (χ3n) is 5.45. The number of hydrogen-bond donors (Lipinski definition) is 1. The molecule has 170 valence electrons. The molecule has 1 N–H and O–H groups in total. The number of esters is 1. The van der Waals surface area contributed by atoms with E-state index in [1.54, 1.807) is 31.2 Å². The lowest BCUT2D eigenvalue weighted by atomic mass is 10.0. The van der Waals surface area contributed by atoms with Gasteiger partial charge in [0, 0.05) is 12.1 Å². The molecule has 0 fully saturated rings. The summed E-state index contributed by atoms with van der Waals surface area (Å²) in [5.41, 5.74) is 0.538. The van der Waals surface area contributed by atoms with Gasteiger partial charge in [0.1, 0.15) is 11.6 Å². The smallest absolute Gasteiger partial charge is 0.338 e. The fraction of sp³-hybridized carbons (Fsp3) is 0.458. The first-order valence-corrected chi connectivity index (χ1v) is 10.9. The van der Waals surface area contributed by atoms with E-state index in [1.807, 2.05) is 6.07 Å². The molecule has 0 aliphatic rings. The van der Waals surface area contributed by atoms with Crippen LogP contribution in [-0.4, -0.2) is 22.2 Å². The van der Waals surface area contributed by atoms with Gasteiger partial charge in [-0.3, -0.25) is 9.36 Å². The fourth-order valence-electron chi connectivity index (χ4n) is 3.30. The second-order valence-corrected chi connectivity index (χ2v) is 7.60. The minimum atomic E-state index is -0.563. The normalized spacial score (nSPS) is 12.0. The number of ether oxygens (including phenoxy) is 1. The van der Waals surface area contributed by atoms with Crippen molar-refractivity contribution in [2.24, 2.45) is 16.1 Å². The Bertz CT molecular complexity index is 1070. The summed E-state index contributed by atoms with van der Waals surface area (Å²) in [6, 6.07) is 8.29. The van der Waals surface area contributed by atoms with Crippen molar-refractivity contribution >= 4 is 17.3 Å². The number of carbonyl (C=O) groups is 1. The van der Waals surface area contributed by atoms with Gasteiger partial charge in [0.25, 0.3) is 5.56 Å². The van der Waals surface area contributed by atoms with E-state index in [9.17, 15) is 20.0 Å². The first kappa shape index (κ1) is 24.8. The highest BCUT2D eigenvalue weighted by Gasteiger charge is 2.18. The van der Waals surface area contributed by atoms with Gasteiger partial charge in [0.15, 0.2) is 5.69 Å². The Morgan fingerprint density at radius 1 is 1.22 bits per heavy atom. The van der Waals surface area contributed by atoms with Crippen LogP contribution in [-0.2, 0) is 11.3 Å². The van der Waals surface area contributed by atoms with Crippen molar-refractivity contribution in [2.75, 3.05) is 6.61 Å². The first-order valence-electron chi connectivity index (χ1n) is 10.9. The molecule has 0 saturated heterocycles. The summed E-state index contributed by atoms with van der Waals surface area (Å²) >= 11 is 0. The van der Waals surface area contributed by atoms with Crippen molar-refractivity contribution in [2.45, 2.75) is 59.9 Å². The number of benzene rings is 1. The number of unbranched alkanes of at least 4 members (excludes halogenated alkanes) is 1. The maximum absolute atomic E-state index is 12.3. The van der Waals surface area contributed by atoms with Crippen LogP contribution in [0.4, 0.5) is 11.4 Å². The number of aromatic nitrogens is 1. The predicted molar refractivity (Wildman–Crippen MR) is 122 cm³/mol. The zero-order chi connectivity index (χ0) is 23.7. The minimum Gasteiger partial charge on any atom is -0.493 e. The molecule has 8 nitrogen and oxygen atoms in total. The van der Waals surface area contributed by atoms with Gasteiger partial charge in [-0.15, -0.1) is 5.11 Å². The SMILES string of the molecule is CCCCC(CC)COC(=O)c1ccc(/N=N/c2c(C)c(C#N)c(=O)n(CC)c2O)cc1. The van der Waals surface area contributed by atoms with E-state index in [1.165, 1.54) is 6.92 Å². The molecule has 1 unspecified atom stereocenters. The van der Waals surface area contributed by atoms with Crippen molar-refractivity contribution in [1.29, 1.82) is 5.26 Å². The molecule has 0 bridgehead atoms. The summed E-state index contributed by atoms with van der Waals surface area (Å²) < 4.78 is 6.52. The quantitative estimate of drug-likeness (QED) is 0.386. The molecule has 2 aromatic rings. The van der Waals surface area contributed by atoms with Crippen LogP contribution < -0.4 is 5.56 Å². The van der Waals surface area contributed by atoms with Gasteiger partial charge in [-0.1, -0.05) is 33.1 Å². The third kappa shape index (κ3) is 5.82. The van der Waals surface area contributed by atoms with Crippen molar-refractivity contribution in [3.8, 4) is 11.9 Å². The zero-order valence-electron chi connectivity index (χ0n) is 19.1. The van der Waals surface area contributed by atoms with E-state index in [-0.39, 0.29) is 35.2 Å². The van der Waals surface area contributed by atoms with Gasteiger partial charge in [-0.05, 0) is 50.5 Å². The van der Waals surface area contributed by atoms with E-state index in [0.717, 1.165) is 30.3 Å². The Kier molecular flexibility index (Phi) is 9.14. The van der Waals surface area contributed by atoms with Crippen LogP contribution in [0.25, 0.3) is 0 Å². The van der Waals surface area contributed by atoms with Gasteiger partial charge >= 0.3 is 5.97 Å². The molecule has 0 saturated carbocycles. The number of nitrogens with zero attached hydrogens (tertiary/aromatic N) is 4. The highest BCUT2D eigenvalue weighted by molar-refractivity contribution is 5.89. The second kappa shape index (κ2) is 11.8. The molecule has 8 heteroatoms. The second-order valence-electron chi connectivity index (χ2n) is 7.60. The van der Waals surface area contributed by atoms with Crippen LogP contribution in [0.15, 0.2) is 39.3 Å². The third-order valence-corrected chi connectivity index (χ3v) is 5.45. The molecule has 1 heterocycles. The Labute approximate surface area is 188 Å². The highest BCUT2D eigenvalue weighted by Crippen LogP contribution is 2.32. The number of azo groups is 1. The average molecular weight is 439 g/mol. The molecule has 0 aliphatic carbocycles. The van der Waals surface area contributed by atoms with Crippen LogP contribution in [0, 0.1) is 24.2 Å². The Morgan fingerprint density at radius 3 is 2.47 bits per heavy atom. The zero-order valence-corrected chi connectivity index (χ0v) is 19.1. The maximum atomic E-state index is 12.3. The number of hydrogen-bond acceptors (Lipinski definition) is 7. The summed E-state index contributed by atoms with van der Waals surface area (Å²) in [7, 11) is 0. The number of nitriles is 1. The van der Waals surface area contributed by atoms with Crippen molar-refractivity contribution in [3.63, 3.8) is 0 Å². The number of aromatic hydroxyl groups is 1. The van der Waals surface area contributed by atoms with Gasteiger partial charge in [-0.25, -0.2) is 4.79 Å². The van der Waals surface area contributed by atoms with Crippen LogP contribution >= 0.6 is 0 Å². The molecular weight excluding hydrogens is 408 g/mol. The van der Waals surface area contributed by atoms with Crippen LogP contribution in [0.3, 0.4) is 0 Å². The molecule has 2 rings (SSSR count). The lowest BCUT2D eigenvalue weighted by Gasteiger charge is -2.14. The summed E-state index contributed by atoms with van der Waals surface area (Å²) in [6.45, 7) is 8.06. The lowest BCUT2D eigenvalue weighted by molar-refractivity contribution is 0.0428. The maximum Gasteiger partial charge on any atom is 0.338 e. The topological polar surface area (TPSA) is 117 Å². The molecule has 1 aromatic heterocycles. The van der Waals surface area contributed by atoms with Crippen molar-refractivity contribution in [3.05, 3.63) is 51.3 Å². The van der Waals surface area contributed by atoms with Crippen molar-refractivity contribution < 1.29 is 14.6 Å². The van der Waals surface area contributed by atoms with E-state index in [4.69, 9.17) is 4.74 Å². The van der Waals surface area contributed by atoms with Crippen molar-refractivity contribution in [1.82, 2.24) is 4.57 Å². The molecule has 32 heavy (non-hydrogen) atoms. The predicted octanol–water partition coefficient (Wildman–Crippen LogP) is 5.54. The minimum absolute atomic E-state index is 0.0594. The Morgan fingerprint density at radius 2 is 1.91 bits per heavy atom. The Balaban J connectivity index is 2.16. The molecule has 0 aliphatic heterocycles. The molecule has 0 amide bonds. The van der Waals surface area contributed by atoms with Crippen LogP contribution in [0.5, 0.6) is 5.88 Å².